The van der Waals surface area contributed by atoms with Crippen LogP contribution >= 0.6 is 22.9 Å². The highest BCUT2D eigenvalue weighted by molar-refractivity contribution is 14.1. The summed E-state index contributed by atoms with van der Waals surface area (Å²) in [6, 6.07) is 0. The van der Waals surface area contributed by atoms with E-state index in [0.29, 0.717) is 6.61 Å². The van der Waals surface area contributed by atoms with Crippen LogP contribution in [0.25, 0.3) is 0 Å². The summed E-state index contributed by atoms with van der Waals surface area (Å²) in [7, 11) is 1.70. The molecule has 0 spiro atoms. The van der Waals surface area contributed by atoms with Crippen molar-refractivity contribution in [2.45, 2.75) is 6.42 Å². The Bertz CT molecular complexity index is 152. The van der Waals surface area contributed by atoms with Gasteiger partial charge < -0.3 is 14.4 Å². The second kappa shape index (κ2) is 8.69. The van der Waals surface area contributed by atoms with E-state index in [1.807, 2.05) is 0 Å². The SMILES string of the molecule is COCCOCCCN1CCN(I)CC1. The molecule has 15 heavy (non-hydrogen) atoms. The highest BCUT2D eigenvalue weighted by Crippen LogP contribution is 2.06. The average Bonchev–Trinajstić information content (AvgIpc) is 2.26. The Hall–Kier alpha value is 0.570. The van der Waals surface area contributed by atoms with Crippen LogP contribution in [0.15, 0.2) is 0 Å². The molecule has 0 aromatic carbocycles. The number of piperazine rings is 1. The summed E-state index contributed by atoms with van der Waals surface area (Å²) in [5.74, 6) is 0. The van der Waals surface area contributed by atoms with E-state index in [1.165, 1.54) is 26.2 Å². The Kier molecular flexibility index (Phi) is 7.90. The molecule has 0 aliphatic carbocycles. The second-order valence-electron chi connectivity index (χ2n) is 3.71. The molecular formula is C10H21IN2O2. The fourth-order valence-corrected chi connectivity index (χ4v) is 2.01. The predicted molar refractivity (Wildman–Crippen MR) is 69.3 cm³/mol. The summed E-state index contributed by atoms with van der Waals surface area (Å²) in [5, 5.41) is 0. The van der Waals surface area contributed by atoms with Crippen molar-refractivity contribution in [3.8, 4) is 0 Å². The lowest BCUT2D eigenvalue weighted by atomic mass is 10.3. The Morgan fingerprint density at radius 2 is 1.80 bits per heavy atom. The molecule has 5 heteroatoms. The molecule has 0 unspecified atom stereocenters. The molecule has 90 valence electrons. The van der Waals surface area contributed by atoms with E-state index in [1.54, 1.807) is 7.11 Å². The van der Waals surface area contributed by atoms with Gasteiger partial charge in [-0.15, -0.1) is 0 Å². The lowest BCUT2D eigenvalue weighted by Crippen LogP contribution is -2.42. The molecule has 0 amide bonds. The Balaban J connectivity index is 1.87. The fraction of sp³-hybridized carbons (Fsp3) is 1.00. The average molecular weight is 328 g/mol. The van der Waals surface area contributed by atoms with Gasteiger partial charge >= 0.3 is 0 Å². The van der Waals surface area contributed by atoms with Gasteiger partial charge in [-0.3, -0.25) is 0 Å². The molecule has 4 nitrogen and oxygen atoms in total. The number of methoxy groups -OCH3 is 1. The van der Waals surface area contributed by atoms with Crippen LogP contribution in [0, 0.1) is 0 Å². The van der Waals surface area contributed by atoms with Gasteiger partial charge in [0.1, 0.15) is 0 Å². The van der Waals surface area contributed by atoms with Gasteiger partial charge in [0.25, 0.3) is 0 Å². The van der Waals surface area contributed by atoms with Crippen molar-refractivity contribution in [3.63, 3.8) is 0 Å². The first-order valence-electron chi connectivity index (χ1n) is 5.52. The van der Waals surface area contributed by atoms with Crippen molar-refractivity contribution in [1.82, 2.24) is 8.01 Å². The van der Waals surface area contributed by atoms with Gasteiger partial charge in [0, 0.05) is 69.3 Å². The van der Waals surface area contributed by atoms with Gasteiger partial charge in [-0.2, -0.15) is 0 Å². The van der Waals surface area contributed by atoms with Crippen molar-refractivity contribution < 1.29 is 9.47 Å². The zero-order valence-electron chi connectivity index (χ0n) is 9.45. The molecule has 0 saturated carbocycles. The third-order valence-corrected chi connectivity index (χ3v) is 3.48. The van der Waals surface area contributed by atoms with Crippen LogP contribution in [0.1, 0.15) is 6.42 Å². The number of rotatable bonds is 7. The first-order valence-corrected chi connectivity index (χ1v) is 6.49. The zero-order chi connectivity index (χ0) is 10.9. The number of hydrogen-bond acceptors (Lipinski definition) is 4. The van der Waals surface area contributed by atoms with E-state index >= 15 is 0 Å². The Morgan fingerprint density at radius 3 is 2.47 bits per heavy atom. The molecule has 1 saturated heterocycles. The Morgan fingerprint density at radius 1 is 1.07 bits per heavy atom. The lowest BCUT2D eigenvalue weighted by molar-refractivity contribution is 0.0638. The third kappa shape index (κ3) is 6.68. The summed E-state index contributed by atoms with van der Waals surface area (Å²) >= 11 is 2.40. The maximum absolute atomic E-state index is 5.42. The van der Waals surface area contributed by atoms with Crippen molar-refractivity contribution in [2.75, 3.05) is 59.7 Å². The smallest absolute Gasteiger partial charge is 0.0700 e. The largest absolute Gasteiger partial charge is 0.382 e. The maximum Gasteiger partial charge on any atom is 0.0700 e. The van der Waals surface area contributed by atoms with E-state index in [4.69, 9.17) is 9.47 Å². The third-order valence-electron chi connectivity index (χ3n) is 2.51. The quantitative estimate of drug-likeness (QED) is 0.396. The molecule has 0 aromatic rings. The van der Waals surface area contributed by atoms with Gasteiger partial charge in [-0.1, -0.05) is 0 Å². The molecule has 1 rings (SSSR count). The van der Waals surface area contributed by atoms with Crippen molar-refractivity contribution in [1.29, 1.82) is 0 Å². The number of halogens is 1. The normalized spacial score (nSPS) is 19.6. The van der Waals surface area contributed by atoms with Crippen LogP contribution in [0.3, 0.4) is 0 Å². The highest BCUT2D eigenvalue weighted by Gasteiger charge is 2.13. The zero-order valence-corrected chi connectivity index (χ0v) is 11.6. The van der Waals surface area contributed by atoms with Gasteiger partial charge in [0.15, 0.2) is 0 Å². The van der Waals surface area contributed by atoms with Crippen LogP contribution in [0.2, 0.25) is 0 Å². The van der Waals surface area contributed by atoms with Crippen LogP contribution < -0.4 is 0 Å². The molecule has 1 fully saturated rings. The minimum absolute atomic E-state index is 0.702. The molecule has 1 aliphatic rings. The van der Waals surface area contributed by atoms with Gasteiger partial charge in [0.2, 0.25) is 0 Å². The topological polar surface area (TPSA) is 24.9 Å². The van der Waals surface area contributed by atoms with Crippen LogP contribution in [-0.2, 0) is 9.47 Å². The summed E-state index contributed by atoms with van der Waals surface area (Å²) in [4.78, 5) is 2.51. The minimum Gasteiger partial charge on any atom is -0.382 e. The van der Waals surface area contributed by atoms with E-state index in [2.05, 4.69) is 30.9 Å². The second-order valence-corrected chi connectivity index (χ2v) is 5.07. The Labute approximate surface area is 106 Å². The van der Waals surface area contributed by atoms with Gasteiger partial charge in [0.05, 0.1) is 13.2 Å². The van der Waals surface area contributed by atoms with E-state index in [-0.39, 0.29) is 0 Å². The summed E-state index contributed by atoms with van der Waals surface area (Å²) in [5.41, 5.74) is 0. The van der Waals surface area contributed by atoms with Crippen LogP contribution in [-0.4, -0.2) is 67.7 Å². The molecular weight excluding hydrogens is 307 g/mol. The molecule has 0 bridgehead atoms. The van der Waals surface area contributed by atoms with E-state index in [9.17, 15) is 0 Å². The summed E-state index contributed by atoms with van der Waals surface area (Å²) in [6.45, 7) is 8.20. The molecule has 1 aliphatic heterocycles. The van der Waals surface area contributed by atoms with Crippen molar-refractivity contribution in [2.24, 2.45) is 0 Å². The monoisotopic (exact) mass is 328 g/mol. The fourth-order valence-electron chi connectivity index (χ4n) is 1.58. The minimum atomic E-state index is 0.702. The highest BCUT2D eigenvalue weighted by atomic mass is 127. The van der Waals surface area contributed by atoms with Crippen molar-refractivity contribution >= 4 is 22.9 Å². The number of hydrogen-bond donors (Lipinski definition) is 0. The molecule has 0 N–H and O–H groups in total. The van der Waals surface area contributed by atoms with Gasteiger partial charge in [-0.25, -0.2) is 3.11 Å². The van der Waals surface area contributed by atoms with Crippen molar-refractivity contribution in [3.05, 3.63) is 0 Å². The van der Waals surface area contributed by atoms with Gasteiger partial charge in [-0.05, 0) is 6.42 Å². The maximum atomic E-state index is 5.42. The number of ether oxygens (including phenoxy) is 2. The lowest BCUT2D eigenvalue weighted by Gasteiger charge is -2.30. The molecule has 0 radical (unpaired) electrons. The van der Waals surface area contributed by atoms with Crippen LogP contribution in [0.4, 0.5) is 0 Å². The molecule has 1 heterocycles. The first kappa shape index (κ1) is 13.6. The predicted octanol–water partition coefficient (Wildman–Crippen LogP) is 1.01. The number of nitrogens with zero attached hydrogens (tertiary/aromatic N) is 2. The summed E-state index contributed by atoms with van der Waals surface area (Å²) < 4.78 is 12.7. The van der Waals surface area contributed by atoms with E-state index in [0.717, 1.165) is 26.2 Å². The molecule has 0 atom stereocenters. The first-order chi connectivity index (χ1) is 7.33. The summed E-state index contributed by atoms with van der Waals surface area (Å²) in [6.07, 6.45) is 1.13. The van der Waals surface area contributed by atoms with E-state index < -0.39 is 0 Å². The van der Waals surface area contributed by atoms with Crippen LogP contribution in [0.5, 0.6) is 0 Å². The molecule has 0 aromatic heterocycles. The standard InChI is InChI=1S/C10H21IN2O2/c1-14-9-10-15-8-2-3-12-4-6-13(11)7-5-12/h2-10H2,1H3.